The molecule has 6 heteroatoms. The van der Waals surface area contributed by atoms with Crippen LogP contribution in [0.1, 0.15) is 41.9 Å². The van der Waals surface area contributed by atoms with Crippen LogP contribution in [0, 0.1) is 0 Å². The summed E-state index contributed by atoms with van der Waals surface area (Å²) in [6, 6.07) is 15.3. The number of amides is 2. The molecule has 2 aromatic carbocycles. The SMILES string of the molecule is CCN(CC)C(=O)CCNC(=O)c1ccc(/C=C/c2n[nH]c3ccccc23)cc1. The summed E-state index contributed by atoms with van der Waals surface area (Å²) in [4.78, 5) is 26.0. The summed E-state index contributed by atoms with van der Waals surface area (Å²) < 4.78 is 0. The maximum Gasteiger partial charge on any atom is 0.251 e. The number of benzene rings is 2. The summed E-state index contributed by atoms with van der Waals surface area (Å²) in [5.74, 6) is -0.118. The molecule has 0 aliphatic carbocycles. The standard InChI is InChI=1S/C23H26N4O2/c1-3-27(4-2)22(28)15-16-24-23(29)18-12-9-17(10-13-18)11-14-21-19-7-5-6-8-20(19)25-26-21/h5-14H,3-4,15-16H2,1-2H3,(H,24,29)(H,25,26)/b14-11+. The van der Waals surface area contributed by atoms with Gasteiger partial charge in [0.15, 0.2) is 0 Å². The van der Waals surface area contributed by atoms with E-state index in [-0.39, 0.29) is 11.8 Å². The van der Waals surface area contributed by atoms with Crippen LogP contribution in [-0.2, 0) is 4.79 Å². The van der Waals surface area contributed by atoms with Crippen molar-refractivity contribution in [2.24, 2.45) is 0 Å². The minimum absolute atomic E-state index is 0.0571. The van der Waals surface area contributed by atoms with E-state index in [1.165, 1.54) is 0 Å². The van der Waals surface area contributed by atoms with Crippen LogP contribution in [0.4, 0.5) is 0 Å². The third-order valence-corrected chi connectivity index (χ3v) is 4.85. The Balaban J connectivity index is 1.55. The molecule has 0 atom stereocenters. The zero-order chi connectivity index (χ0) is 20.6. The number of nitrogens with zero attached hydrogens (tertiary/aromatic N) is 2. The fourth-order valence-corrected chi connectivity index (χ4v) is 3.15. The maximum atomic E-state index is 12.3. The molecule has 3 aromatic rings. The fraction of sp³-hybridized carbons (Fsp3) is 0.261. The average Bonchev–Trinajstić information content (AvgIpc) is 3.16. The number of aromatic amines is 1. The molecule has 0 bridgehead atoms. The van der Waals surface area contributed by atoms with Gasteiger partial charge in [0.05, 0.1) is 11.2 Å². The van der Waals surface area contributed by atoms with Gasteiger partial charge in [0.1, 0.15) is 0 Å². The highest BCUT2D eigenvalue weighted by molar-refractivity contribution is 5.95. The summed E-state index contributed by atoms with van der Waals surface area (Å²) in [6.07, 6.45) is 4.23. The van der Waals surface area contributed by atoms with Crippen molar-refractivity contribution in [3.05, 3.63) is 65.4 Å². The molecule has 2 N–H and O–H groups in total. The van der Waals surface area contributed by atoms with Crippen LogP contribution in [0.5, 0.6) is 0 Å². The second kappa shape index (κ2) is 9.68. The molecule has 0 radical (unpaired) electrons. The molecule has 1 heterocycles. The molecule has 29 heavy (non-hydrogen) atoms. The van der Waals surface area contributed by atoms with E-state index in [1.807, 2.05) is 62.4 Å². The monoisotopic (exact) mass is 390 g/mol. The zero-order valence-corrected chi connectivity index (χ0v) is 16.8. The topological polar surface area (TPSA) is 78.1 Å². The quantitative estimate of drug-likeness (QED) is 0.615. The first-order valence-corrected chi connectivity index (χ1v) is 9.89. The lowest BCUT2D eigenvalue weighted by molar-refractivity contribution is -0.130. The molecule has 3 rings (SSSR count). The third kappa shape index (κ3) is 5.10. The number of hydrogen-bond acceptors (Lipinski definition) is 3. The van der Waals surface area contributed by atoms with Crippen LogP contribution in [0.25, 0.3) is 23.1 Å². The fourth-order valence-electron chi connectivity index (χ4n) is 3.15. The molecule has 1 aromatic heterocycles. The number of carbonyl (C=O) groups excluding carboxylic acids is 2. The summed E-state index contributed by atoms with van der Waals surface area (Å²) >= 11 is 0. The van der Waals surface area contributed by atoms with Gasteiger partial charge in [-0.25, -0.2) is 0 Å². The molecule has 0 spiro atoms. The third-order valence-electron chi connectivity index (χ3n) is 4.85. The number of H-pyrrole nitrogens is 1. The van der Waals surface area contributed by atoms with E-state index >= 15 is 0 Å². The van der Waals surface area contributed by atoms with Gasteiger partial charge in [-0.15, -0.1) is 0 Å². The highest BCUT2D eigenvalue weighted by atomic mass is 16.2. The highest BCUT2D eigenvalue weighted by Crippen LogP contribution is 2.17. The summed E-state index contributed by atoms with van der Waals surface area (Å²) in [5, 5.41) is 11.2. The van der Waals surface area contributed by atoms with E-state index in [4.69, 9.17) is 0 Å². The average molecular weight is 390 g/mol. The predicted molar refractivity (Wildman–Crippen MR) is 116 cm³/mol. The number of nitrogens with one attached hydrogen (secondary N) is 2. The number of hydrogen-bond donors (Lipinski definition) is 2. The van der Waals surface area contributed by atoms with E-state index in [1.54, 1.807) is 17.0 Å². The first-order chi connectivity index (χ1) is 14.1. The molecule has 0 saturated carbocycles. The van der Waals surface area contributed by atoms with Crippen LogP contribution in [0.2, 0.25) is 0 Å². The van der Waals surface area contributed by atoms with Crippen molar-refractivity contribution in [1.29, 1.82) is 0 Å². The number of rotatable bonds is 8. The number of carbonyl (C=O) groups is 2. The second-order valence-electron chi connectivity index (χ2n) is 6.68. The van der Waals surface area contributed by atoms with E-state index in [2.05, 4.69) is 15.5 Å². The van der Waals surface area contributed by atoms with Gasteiger partial charge >= 0.3 is 0 Å². The minimum atomic E-state index is -0.175. The van der Waals surface area contributed by atoms with E-state index in [9.17, 15) is 9.59 Å². The van der Waals surface area contributed by atoms with Gasteiger partial charge in [-0.05, 0) is 43.7 Å². The largest absolute Gasteiger partial charge is 0.352 e. The minimum Gasteiger partial charge on any atom is -0.352 e. The Kier molecular flexibility index (Phi) is 6.79. The number of fused-ring (bicyclic) bond motifs is 1. The van der Waals surface area contributed by atoms with Crippen molar-refractivity contribution in [2.75, 3.05) is 19.6 Å². The van der Waals surface area contributed by atoms with Crippen molar-refractivity contribution in [2.45, 2.75) is 20.3 Å². The Morgan fingerprint density at radius 2 is 1.76 bits per heavy atom. The van der Waals surface area contributed by atoms with Gasteiger partial charge in [0.2, 0.25) is 5.91 Å². The molecule has 0 aliphatic rings. The van der Waals surface area contributed by atoms with Crippen LogP contribution < -0.4 is 5.32 Å². The smallest absolute Gasteiger partial charge is 0.251 e. The Bertz CT molecular complexity index is 1000. The Morgan fingerprint density at radius 3 is 2.48 bits per heavy atom. The van der Waals surface area contributed by atoms with Gasteiger partial charge in [0, 0.05) is 37.0 Å². The van der Waals surface area contributed by atoms with E-state index < -0.39 is 0 Å². The molecule has 6 nitrogen and oxygen atoms in total. The van der Waals surface area contributed by atoms with Crippen molar-refractivity contribution in [3.63, 3.8) is 0 Å². The molecule has 0 unspecified atom stereocenters. The lowest BCUT2D eigenvalue weighted by atomic mass is 10.1. The van der Waals surface area contributed by atoms with Crippen molar-refractivity contribution < 1.29 is 9.59 Å². The van der Waals surface area contributed by atoms with Gasteiger partial charge in [-0.3, -0.25) is 14.7 Å². The summed E-state index contributed by atoms with van der Waals surface area (Å²) in [7, 11) is 0. The maximum absolute atomic E-state index is 12.3. The highest BCUT2D eigenvalue weighted by Gasteiger charge is 2.10. The molecule has 150 valence electrons. The molecular weight excluding hydrogens is 364 g/mol. The summed E-state index contributed by atoms with van der Waals surface area (Å²) in [5.41, 5.74) is 3.42. The number of para-hydroxylation sites is 1. The van der Waals surface area contributed by atoms with Crippen molar-refractivity contribution >= 4 is 34.9 Å². The van der Waals surface area contributed by atoms with Crippen molar-refractivity contribution in [3.8, 4) is 0 Å². The number of aromatic nitrogens is 2. The van der Waals surface area contributed by atoms with E-state index in [0.717, 1.165) is 22.2 Å². The lowest BCUT2D eigenvalue weighted by Crippen LogP contribution is -2.34. The van der Waals surface area contributed by atoms with Crippen LogP contribution in [0.15, 0.2) is 48.5 Å². The summed E-state index contributed by atoms with van der Waals surface area (Å²) in [6.45, 7) is 5.61. The molecule has 0 aliphatic heterocycles. The second-order valence-corrected chi connectivity index (χ2v) is 6.68. The van der Waals surface area contributed by atoms with Gasteiger partial charge in [-0.1, -0.05) is 36.4 Å². The Labute approximate surface area is 170 Å². The van der Waals surface area contributed by atoms with Crippen molar-refractivity contribution in [1.82, 2.24) is 20.4 Å². The normalized spacial score (nSPS) is 11.1. The van der Waals surface area contributed by atoms with Gasteiger partial charge in [-0.2, -0.15) is 5.10 Å². The Morgan fingerprint density at radius 1 is 1.03 bits per heavy atom. The van der Waals surface area contributed by atoms with E-state index in [0.29, 0.717) is 31.6 Å². The first-order valence-electron chi connectivity index (χ1n) is 9.89. The predicted octanol–water partition coefficient (Wildman–Crippen LogP) is 3.72. The molecular formula is C23H26N4O2. The Hall–Kier alpha value is -3.41. The van der Waals surface area contributed by atoms with Crippen LogP contribution >= 0.6 is 0 Å². The molecule has 2 amide bonds. The van der Waals surface area contributed by atoms with Crippen LogP contribution in [-0.4, -0.2) is 46.5 Å². The molecule has 0 saturated heterocycles. The van der Waals surface area contributed by atoms with Gasteiger partial charge < -0.3 is 10.2 Å². The van der Waals surface area contributed by atoms with Crippen LogP contribution in [0.3, 0.4) is 0 Å². The molecule has 0 fully saturated rings. The lowest BCUT2D eigenvalue weighted by Gasteiger charge is -2.18. The van der Waals surface area contributed by atoms with Gasteiger partial charge in [0.25, 0.3) is 5.91 Å². The first kappa shape index (κ1) is 20.3. The zero-order valence-electron chi connectivity index (χ0n) is 16.8.